The van der Waals surface area contributed by atoms with Crippen LogP contribution in [0, 0.1) is 0 Å². The average molecular weight is 538 g/mol. The number of methoxy groups -OCH3 is 1. The third-order valence-electron chi connectivity index (χ3n) is 4.01. The first kappa shape index (κ1) is 21.9. The number of fused-ring (bicyclic) bond motifs is 1. The highest BCUT2D eigenvalue weighted by molar-refractivity contribution is 9.11. The van der Waals surface area contributed by atoms with E-state index in [2.05, 4.69) is 42.7 Å². The van der Waals surface area contributed by atoms with E-state index in [4.69, 9.17) is 14.2 Å². The van der Waals surface area contributed by atoms with E-state index in [1.807, 2.05) is 24.3 Å². The van der Waals surface area contributed by atoms with Crippen LogP contribution in [0.4, 0.5) is 0 Å². The van der Waals surface area contributed by atoms with Gasteiger partial charge in [0.25, 0.3) is 11.8 Å². The summed E-state index contributed by atoms with van der Waals surface area (Å²) >= 11 is 6.94. The van der Waals surface area contributed by atoms with Crippen molar-refractivity contribution < 1.29 is 23.8 Å². The van der Waals surface area contributed by atoms with Crippen molar-refractivity contribution in [3.05, 3.63) is 63.5 Å². The average Bonchev–Trinajstić information content (AvgIpc) is 2.75. The van der Waals surface area contributed by atoms with Gasteiger partial charge >= 0.3 is 0 Å². The van der Waals surface area contributed by atoms with Gasteiger partial charge in [0.1, 0.15) is 5.75 Å². The molecule has 0 bridgehead atoms. The van der Waals surface area contributed by atoms with E-state index in [1.54, 1.807) is 30.3 Å². The summed E-state index contributed by atoms with van der Waals surface area (Å²) in [5.74, 6) is 0.426. The fraction of sp³-hybridized carbons (Fsp3) is 0.143. The van der Waals surface area contributed by atoms with Gasteiger partial charge in [-0.3, -0.25) is 20.4 Å². The number of ether oxygens (including phenoxy) is 3. The first-order chi connectivity index (χ1) is 14.5. The summed E-state index contributed by atoms with van der Waals surface area (Å²) < 4.78 is 17.8. The molecule has 0 unspecified atom stereocenters. The van der Waals surface area contributed by atoms with E-state index in [-0.39, 0.29) is 13.2 Å². The van der Waals surface area contributed by atoms with E-state index < -0.39 is 11.8 Å². The summed E-state index contributed by atoms with van der Waals surface area (Å²) in [5, 5.41) is 1.98. The lowest BCUT2D eigenvalue weighted by Crippen LogP contribution is -2.45. The summed E-state index contributed by atoms with van der Waals surface area (Å²) in [6, 6.07) is 16.5. The lowest BCUT2D eigenvalue weighted by Gasteiger charge is -2.12. The standard InChI is InChI=1S/C21H18Br2N2O5/c1-28-16-4-2-3-5-17(16)29-11-19(26)24-25-20(27)12-30-18-9-6-13-10-14(22)7-8-15(13)21(18)23/h2-10H,11-12H2,1H3,(H,24,26)(H,25,27). The van der Waals surface area contributed by atoms with Gasteiger partial charge in [0.05, 0.1) is 11.6 Å². The van der Waals surface area contributed by atoms with Gasteiger partial charge in [0, 0.05) is 4.47 Å². The molecule has 0 spiro atoms. The molecule has 9 heteroatoms. The van der Waals surface area contributed by atoms with Crippen molar-refractivity contribution in [1.29, 1.82) is 0 Å². The molecule has 0 heterocycles. The summed E-state index contributed by atoms with van der Waals surface area (Å²) in [5.41, 5.74) is 4.56. The van der Waals surface area contributed by atoms with Gasteiger partial charge < -0.3 is 14.2 Å². The number of hydrogen-bond acceptors (Lipinski definition) is 5. The van der Waals surface area contributed by atoms with Gasteiger partial charge in [-0.25, -0.2) is 0 Å². The predicted molar refractivity (Wildman–Crippen MR) is 120 cm³/mol. The monoisotopic (exact) mass is 536 g/mol. The summed E-state index contributed by atoms with van der Waals surface area (Å²) in [6.45, 7) is -0.554. The minimum Gasteiger partial charge on any atom is -0.493 e. The number of halogens is 2. The second kappa shape index (κ2) is 10.3. The third-order valence-corrected chi connectivity index (χ3v) is 5.32. The number of benzene rings is 3. The lowest BCUT2D eigenvalue weighted by molar-refractivity contribution is -0.131. The van der Waals surface area contributed by atoms with E-state index >= 15 is 0 Å². The van der Waals surface area contributed by atoms with E-state index in [0.29, 0.717) is 17.2 Å². The predicted octanol–water partition coefficient (Wildman–Crippen LogP) is 3.98. The van der Waals surface area contributed by atoms with Crippen molar-refractivity contribution in [2.75, 3.05) is 20.3 Å². The van der Waals surface area contributed by atoms with Crippen LogP contribution in [0.5, 0.6) is 17.2 Å². The maximum Gasteiger partial charge on any atom is 0.276 e. The van der Waals surface area contributed by atoms with E-state index in [1.165, 1.54) is 7.11 Å². The maximum absolute atomic E-state index is 12.0. The molecule has 0 aliphatic carbocycles. The van der Waals surface area contributed by atoms with Crippen molar-refractivity contribution >= 4 is 54.4 Å². The molecule has 0 saturated carbocycles. The molecule has 0 saturated heterocycles. The molecule has 3 rings (SSSR count). The molecule has 0 aliphatic rings. The third kappa shape index (κ3) is 5.64. The van der Waals surface area contributed by atoms with Gasteiger partial charge in [-0.2, -0.15) is 0 Å². The Hall–Kier alpha value is -2.78. The highest BCUT2D eigenvalue weighted by Gasteiger charge is 2.11. The van der Waals surface area contributed by atoms with Gasteiger partial charge in [-0.05, 0) is 57.0 Å². The molecule has 2 N–H and O–H groups in total. The Morgan fingerprint density at radius 1 is 0.833 bits per heavy atom. The van der Waals surface area contributed by atoms with E-state index in [9.17, 15) is 9.59 Å². The quantitative estimate of drug-likeness (QED) is 0.445. The Morgan fingerprint density at radius 2 is 1.47 bits per heavy atom. The zero-order chi connectivity index (χ0) is 21.5. The van der Waals surface area contributed by atoms with Crippen LogP contribution in [0.3, 0.4) is 0 Å². The van der Waals surface area contributed by atoms with Gasteiger partial charge in [-0.15, -0.1) is 0 Å². The SMILES string of the molecule is COc1ccccc1OCC(=O)NNC(=O)COc1ccc2cc(Br)ccc2c1Br. The fourth-order valence-electron chi connectivity index (χ4n) is 2.59. The maximum atomic E-state index is 12.0. The van der Waals surface area contributed by atoms with Gasteiger partial charge in [0.15, 0.2) is 24.7 Å². The fourth-order valence-corrected chi connectivity index (χ4v) is 3.58. The lowest BCUT2D eigenvalue weighted by atomic mass is 10.1. The Bertz CT molecular complexity index is 1070. The number of carbonyl (C=O) groups excluding carboxylic acids is 2. The molecule has 0 radical (unpaired) electrons. The summed E-state index contributed by atoms with van der Waals surface area (Å²) in [4.78, 5) is 23.9. The first-order valence-corrected chi connectivity index (χ1v) is 10.4. The van der Waals surface area contributed by atoms with Crippen LogP contribution in [0.1, 0.15) is 0 Å². The Balaban J connectivity index is 1.47. The second-order valence-electron chi connectivity index (χ2n) is 6.07. The number of amides is 2. The van der Waals surface area contributed by atoms with Crippen molar-refractivity contribution in [2.24, 2.45) is 0 Å². The van der Waals surface area contributed by atoms with Crippen LogP contribution in [-0.2, 0) is 9.59 Å². The largest absolute Gasteiger partial charge is 0.493 e. The topological polar surface area (TPSA) is 85.9 Å². The second-order valence-corrected chi connectivity index (χ2v) is 7.78. The molecule has 0 atom stereocenters. The van der Waals surface area contributed by atoms with Crippen LogP contribution >= 0.6 is 31.9 Å². The van der Waals surface area contributed by atoms with Crippen LogP contribution in [-0.4, -0.2) is 32.1 Å². The highest BCUT2D eigenvalue weighted by atomic mass is 79.9. The van der Waals surface area contributed by atoms with Crippen molar-refractivity contribution in [3.8, 4) is 17.2 Å². The molecule has 30 heavy (non-hydrogen) atoms. The van der Waals surface area contributed by atoms with Gasteiger partial charge in [-0.1, -0.05) is 40.2 Å². The van der Waals surface area contributed by atoms with Crippen LogP contribution in [0.2, 0.25) is 0 Å². The smallest absolute Gasteiger partial charge is 0.276 e. The molecule has 0 aromatic heterocycles. The van der Waals surface area contributed by atoms with E-state index in [0.717, 1.165) is 19.7 Å². The number of rotatable bonds is 7. The Labute approximate surface area is 189 Å². The number of carbonyl (C=O) groups is 2. The number of hydrogen-bond donors (Lipinski definition) is 2. The summed E-state index contributed by atoms with van der Waals surface area (Å²) in [7, 11) is 1.51. The highest BCUT2D eigenvalue weighted by Crippen LogP contribution is 2.34. The van der Waals surface area contributed by atoms with Crippen molar-refractivity contribution in [3.63, 3.8) is 0 Å². The minimum atomic E-state index is -0.522. The number of nitrogens with one attached hydrogen (secondary N) is 2. The van der Waals surface area contributed by atoms with Crippen molar-refractivity contribution in [1.82, 2.24) is 10.9 Å². The Kier molecular flexibility index (Phi) is 7.53. The van der Waals surface area contributed by atoms with Crippen LogP contribution in [0.25, 0.3) is 10.8 Å². The Morgan fingerprint density at radius 3 is 2.13 bits per heavy atom. The first-order valence-electron chi connectivity index (χ1n) is 8.82. The number of hydrazine groups is 1. The molecule has 2 amide bonds. The molecular weight excluding hydrogens is 520 g/mol. The van der Waals surface area contributed by atoms with Crippen molar-refractivity contribution in [2.45, 2.75) is 0 Å². The molecule has 3 aromatic rings. The molecule has 3 aromatic carbocycles. The molecule has 156 valence electrons. The summed E-state index contributed by atoms with van der Waals surface area (Å²) in [6.07, 6.45) is 0. The molecule has 7 nitrogen and oxygen atoms in total. The molecular formula is C21H18Br2N2O5. The zero-order valence-electron chi connectivity index (χ0n) is 15.9. The molecule has 0 aliphatic heterocycles. The zero-order valence-corrected chi connectivity index (χ0v) is 19.1. The molecule has 0 fully saturated rings. The van der Waals surface area contributed by atoms with Crippen LogP contribution in [0.15, 0.2) is 63.5 Å². The normalized spacial score (nSPS) is 10.4. The number of para-hydroxylation sites is 2. The van der Waals surface area contributed by atoms with Crippen LogP contribution < -0.4 is 25.1 Å². The van der Waals surface area contributed by atoms with Gasteiger partial charge in [0.2, 0.25) is 0 Å². The minimum absolute atomic E-state index is 0.270.